The van der Waals surface area contributed by atoms with Crippen LogP contribution in [0.3, 0.4) is 0 Å². The van der Waals surface area contributed by atoms with Crippen molar-refractivity contribution in [2.24, 2.45) is 4.99 Å². The van der Waals surface area contributed by atoms with Gasteiger partial charge in [0.05, 0.1) is 18.3 Å². The summed E-state index contributed by atoms with van der Waals surface area (Å²) >= 11 is 6.18. The van der Waals surface area contributed by atoms with Crippen molar-refractivity contribution in [2.45, 2.75) is 32.4 Å². The van der Waals surface area contributed by atoms with Crippen molar-refractivity contribution in [1.82, 2.24) is 25.5 Å². The molecule has 1 aliphatic heterocycles. The van der Waals surface area contributed by atoms with Gasteiger partial charge < -0.3 is 5.32 Å². The zero-order valence-corrected chi connectivity index (χ0v) is 21.5. The van der Waals surface area contributed by atoms with Gasteiger partial charge in [0.25, 0.3) is 0 Å². The Hall–Kier alpha value is -4.43. The predicted molar refractivity (Wildman–Crippen MR) is 146 cm³/mol. The smallest absolute Gasteiger partial charge is 0.244 e. The standard InChI is InChI=1S/C29H25ClN6O2/c1-19-25-10-7-21(13-23(25)17-31-19)15-28(37)26(14-20-5-3-2-4-6-20)33-29(38)12-8-22-16-24(30)9-11-27(22)36-18-32-34-35-36/h2-13,16,18,26H,14-15,17H2,1H3,(H,33,38)/b12-8+/t26-/m0/s1. The van der Waals surface area contributed by atoms with Crippen LogP contribution in [0.2, 0.25) is 5.02 Å². The molecular weight excluding hydrogens is 500 g/mol. The number of nitrogens with zero attached hydrogens (tertiary/aromatic N) is 5. The summed E-state index contributed by atoms with van der Waals surface area (Å²) < 4.78 is 1.48. The summed E-state index contributed by atoms with van der Waals surface area (Å²) in [6, 6.07) is 20.2. The molecule has 0 bridgehead atoms. The first-order valence-corrected chi connectivity index (χ1v) is 12.6. The molecule has 1 aromatic heterocycles. The highest BCUT2D eigenvalue weighted by Crippen LogP contribution is 2.22. The van der Waals surface area contributed by atoms with Crippen molar-refractivity contribution in [2.75, 3.05) is 0 Å². The van der Waals surface area contributed by atoms with Gasteiger partial charge in [0.2, 0.25) is 5.91 Å². The lowest BCUT2D eigenvalue weighted by Gasteiger charge is -2.17. The number of amides is 1. The molecule has 3 aromatic carbocycles. The summed E-state index contributed by atoms with van der Waals surface area (Å²) in [7, 11) is 0. The fourth-order valence-corrected chi connectivity index (χ4v) is 4.65. The Bertz CT molecular complexity index is 1530. The zero-order chi connectivity index (χ0) is 26.5. The molecule has 0 radical (unpaired) electrons. The van der Waals surface area contributed by atoms with Gasteiger partial charge in [-0.05, 0) is 64.7 Å². The van der Waals surface area contributed by atoms with Crippen molar-refractivity contribution in [3.8, 4) is 5.69 Å². The lowest BCUT2D eigenvalue weighted by molar-refractivity contribution is -0.125. The van der Waals surface area contributed by atoms with Crippen molar-refractivity contribution in [3.05, 3.63) is 112 Å². The number of aromatic nitrogens is 4. The Labute approximate surface area is 225 Å². The number of Topliss-reactive ketones (excluding diaryl/α,β-unsaturated/α-hetero) is 1. The van der Waals surface area contributed by atoms with E-state index in [4.69, 9.17) is 11.6 Å². The maximum atomic E-state index is 13.4. The van der Waals surface area contributed by atoms with Gasteiger partial charge in [0.1, 0.15) is 6.33 Å². The third-order valence-electron chi connectivity index (χ3n) is 6.41. The van der Waals surface area contributed by atoms with Crippen molar-refractivity contribution < 1.29 is 9.59 Å². The summed E-state index contributed by atoms with van der Waals surface area (Å²) in [4.78, 5) is 30.9. The van der Waals surface area contributed by atoms with Gasteiger partial charge in [-0.25, -0.2) is 0 Å². The molecule has 1 aliphatic rings. The number of benzene rings is 3. The van der Waals surface area contributed by atoms with E-state index >= 15 is 0 Å². The summed E-state index contributed by atoms with van der Waals surface area (Å²) in [6.07, 6.45) is 5.08. The number of fused-ring (bicyclic) bond motifs is 1. The van der Waals surface area contributed by atoms with E-state index in [1.807, 2.05) is 55.5 Å². The molecule has 8 nitrogen and oxygen atoms in total. The van der Waals surface area contributed by atoms with Crippen molar-refractivity contribution in [3.63, 3.8) is 0 Å². The molecule has 1 atom stereocenters. The Balaban J connectivity index is 1.33. The average molecular weight is 525 g/mol. The lowest BCUT2D eigenvalue weighted by atomic mass is 9.95. The summed E-state index contributed by atoms with van der Waals surface area (Å²) in [5.74, 6) is -0.455. The van der Waals surface area contributed by atoms with E-state index < -0.39 is 6.04 Å². The quantitative estimate of drug-likeness (QED) is 0.331. The topological polar surface area (TPSA) is 102 Å². The van der Waals surface area contributed by atoms with Gasteiger partial charge in [-0.2, -0.15) is 4.68 Å². The van der Waals surface area contributed by atoms with E-state index in [1.54, 1.807) is 24.3 Å². The molecule has 0 unspecified atom stereocenters. The third-order valence-corrected chi connectivity index (χ3v) is 6.65. The highest BCUT2D eigenvalue weighted by Gasteiger charge is 2.22. The molecule has 0 saturated heterocycles. The van der Waals surface area contributed by atoms with Crippen LogP contribution in [0, 0.1) is 0 Å². The number of aliphatic imine (C=N–C) groups is 1. The minimum Gasteiger partial charge on any atom is -0.342 e. The van der Waals surface area contributed by atoms with E-state index in [2.05, 4.69) is 25.8 Å². The normalized spacial score (nSPS) is 13.3. The Kier molecular flexibility index (Phi) is 7.51. The van der Waals surface area contributed by atoms with Gasteiger partial charge in [0.15, 0.2) is 5.78 Å². The number of nitrogens with one attached hydrogen (secondary N) is 1. The number of carbonyl (C=O) groups excluding carboxylic acids is 2. The van der Waals surface area contributed by atoms with E-state index in [0.717, 1.165) is 28.0 Å². The molecular formula is C29H25ClN6O2. The van der Waals surface area contributed by atoms with Crippen molar-refractivity contribution >= 4 is 35.1 Å². The molecule has 0 aliphatic carbocycles. The van der Waals surface area contributed by atoms with Crippen molar-refractivity contribution in [1.29, 1.82) is 0 Å². The van der Waals surface area contributed by atoms with Gasteiger partial charge in [-0.3, -0.25) is 14.6 Å². The molecule has 190 valence electrons. The second-order valence-corrected chi connectivity index (χ2v) is 9.51. The number of hydrogen-bond donors (Lipinski definition) is 1. The molecule has 0 spiro atoms. The molecule has 2 heterocycles. The lowest BCUT2D eigenvalue weighted by Crippen LogP contribution is -2.42. The fourth-order valence-electron chi connectivity index (χ4n) is 4.47. The average Bonchev–Trinajstić information content (AvgIpc) is 3.58. The second-order valence-electron chi connectivity index (χ2n) is 9.08. The van der Waals surface area contributed by atoms with E-state index in [0.29, 0.717) is 29.2 Å². The van der Waals surface area contributed by atoms with Gasteiger partial charge in [-0.1, -0.05) is 60.1 Å². The van der Waals surface area contributed by atoms with Crippen LogP contribution in [0.25, 0.3) is 11.8 Å². The van der Waals surface area contributed by atoms with Crippen LogP contribution in [0.1, 0.15) is 34.7 Å². The molecule has 38 heavy (non-hydrogen) atoms. The second kappa shape index (κ2) is 11.3. The molecule has 9 heteroatoms. The Morgan fingerprint density at radius 2 is 1.92 bits per heavy atom. The first-order valence-electron chi connectivity index (χ1n) is 12.2. The van der Waals surface area contributed by atoms with Gasteiger partial charge in [-0.15, -0.1) is 5.10 Å². The fraction of sp³-hybridized carbons (Fsp3) is 0.172. The summed E-state index contributed by atoms with van der Waals surface area (Å²) in [5, 5.41) is 14.7. The van der Waals surface area contributed by atoms with Gasteiger partial charge >= 0.3 is 0 Å². The van der Waals surface area contributed by atoms with Crippen LogP contribution in [0.5, 0.6) is 0 Å². The molecule has 5 rings (SSSR count). The SMILES string of the molecule is CC1=NCc2cc(CC(=O)[C@H](Cc3ccccc3)NC(=O)/C=C/c3cc(Cl)ccc3-n3cnnn3)ccc21. The summed E-state index contributed by atoms with van der Waals surface area (Å²) in [6.45, 7) is 2.62. The largest absolute Gasteiger partial charge is 0.342 e. The van der Waals surface area contributed by atoms with E-state index in [-0.39, 0.29) is 18.1 Å². The van der Waals surface area contributed by atoms with Crippen LogP contribution in [0.15, 0.2) is 84.1 Å². The number of halogens is 1. The van der Waals surface area contributed by atoms with Crippen LogP contribution in [0.4, 0.5) is 0 Å². The minimum absolute atomic E-state index is 0.0664. The number of tetrazole rings is 1. The van der Waals surface area contributed by atoms with Crippen LogP contribution in [-0.2, 0) is 29.0 Å². The number of carbonyl (C=O) groups is 2. The van der Waals surface area contributed by atoms with Crippen LogP contribution >= 0.6 is 11.6 Å². The molecule has 1 N–H and O–H groups in total. The zero-order valence-electron chi connectivity index (χ0n) is 20.7. The third kappa shape index (κ3) is 5.92. The highest BCUT2D eigenvalue weighted by atomic mass is 35.5. The van der Waals surface area contributed by atoms with Crippen LogP contribution < -0.4 is 5.32 Å². The molecule has 0 saturated carbocycles. The minimum atomic E-state index is -0.695. The van der Waals surface area contributed by atoms with E-state index in [9.17, 15) is 9.59 Å². The number of ketones is 1. The summed E-state index contributed by atoms with van der Waals surface area (Å²) in [5.41, 5.74) is 6.46. The van der Waals surface area contributed by atoms with Gasteiger partial charge in [0, 0.05) is 34.4 Å². The highest BCUT2D eigenvalue weighted by molar-refractivity contribution is 6.30. The molecule has 0 fully saturated rings. The van der Waals surface area contributed by atoms with E-state index in [1.165, 1.54) is 17.1 Å². The first-order chi connectivity index (χ1) is 18.5. The molecule has 1 amide bonds. The maximum absolute atomic E-state index is 13.4. The Morgan fingerprint density at radius 3 is 2.71 bits per heavy atom. The maximum Gasteiger partial charge on any atom is 0.244 e. The predicted octanol–water partition coefficient (Wildman–Crippen LogP) is 4.19. The number of hydrogen-bond acceptors (Lipinski definition) is 6. The molecule has 4 aromatic rings. The Morgan fingerprint density at radius 1 is 1.08 bits per heavy atom. The number of rotatable bonds is 9. The first kappa shape index (κ1) is 25.2. The van der Waals surface area contributed by atoms with Crippen LogP contribution in [-0.4, -0.2) is 43.7 Å². The monoisotopic (exact) mass is 524 g/mol.